The molecule has 2 aromatic carbocycles. The first-order valence-electron chi connectivity index (χ1n) is 9.42. The van der Waals surface area contributed by atoms with Crippen LogP contribution in [0, 0.1) is 13.8 Å². The molecule has 148 valence electrons. The van der Waals surface area contributed by atoms with Crippen LogP contribution < -0.4 is 5.32 Å². The fourth-order valence-electron chi connectivity index (χ4n) is 3.25. The second-order valence-corrected chi connectivity index (χ2v) is 7.55. The number of carbonyl (C=O) groups excluding carboxylic acids is 1. The van der Waals surface area contributed by atoms with E-state index in [1.54, 1.807) is 0 Å². The van der Waals surface area contributed by atoms with E-state index in [1.807, 2.05) is 30.5 Å². The Morgan fingerprint density at radius 3 is 2.86 bits per heavy atom. The molecule has 2 aromatic heterocycles. The van der Waals surface area contributed by atoms with E-state index >= 15 is 0 Å². The zero-order chi connectivity index (χ0) is 20.4. The third-order valence-corrected chi connectivity index (χ3v) is 5.24. The minimum absolute atomic E-state index is 0.0470. The molecule has 0 fully saturated rings. The quantitative estimate of drug-likeness (QED) is 0.495. The summed E-state index contributed by atoms with van der Waals surface area (Å²) in [5, 5.41) is 8.39. The lowest BCUT2D eigenvalue weighted by Crippen LogP contribution is -2.26. The molecule has 0 saturated heterocycles. The Labute approximate surface area is 173 Å². The predicted molar refractivity (Wildman–Crippen MR) is 112 cm³/mol. The highest BCUT2D eigenvalue weighted by atomic mass is 35.5. The Bertz CT molecular complexity index is 1180. The molecular formula is C22H21ClN4O2. The lowest BCUT2D eigenvalue weighted by molar-refractivity contribution is 0.0941. The minimum Gasteiger partial charge on any atom is -0.361 e. The molecule has 2 N–H and O–H groups in total. The molecule has 0 aliphatic rings. The largest absolute Gasteiger partial charge is 0.361 e. The van der Waals surface area contributed by atoms with Gasteiger partial charge in [0.1, 0.15) is 0 Å². The molecule has 0 aliphatic heterocycles. The molecule has 2 heterocycles. The van der Waals surface area contributed by atoms with Gasteiger partial charge in [-0.05, 0) is 60.7 Å². The Morgan fingerprint density at radius 2 is 2.03 bits per heavy atom. The van der Waals surface area contributed by atoms with Crippen molar-refractivity contribution in [3.63, 3.8) is 0 Å². The summed E-state index contributed by atoms with van der Waals surface area (Å²) in [6.07, 6.45) is 3.10. The smallest absolute Gasteiger partial charge is 0.292 e. The molecule has 29 heavy (non-hydrogen) atoms. The summed E-state index contributed by atoms with van der Waals surface area (Å²) in [5.41, 5.74) is 5.62. The number of benzene rings is 2. The summed E-state index contributed by atoms with van der Waals surface area (Å²) in [6.45, 7) is 4.59. The Balaban J connectivity index is 1.35. The van der Waals surface area contributed by atoms with E-state index in [0.29, 0.717) is 30.3 Å². The number of aryl methyl sites for hydroxylation is 2. The lowest BCUT2D eigenvalue weighted by atomic mass is 10.0. The number of aromatic nitrogens is 3. The average Bonchev–Trinajstić information content (AvgIpc) is 3.32. The molecule has 1 amide bonds. The standard InChI is InChI=1S/C22H21ClN4O2/c1-13-3-4-15(9-14(13)2)10-20-26-21(27-29-20)22(28)24-8-7-16-12-25-19-6-5-17(23)11-18(16)19/h3-6,9,11-12,25H,7-8,10H2,1-2H3,(H,24,28). The third kappa shape index (κ3) is 4.32. The van der Waals surface area contributed by atoms with Crippen LogP contribution in [0.15, 0.2) is 47.1 Å². The summed E-state index contributed by atoms with van der Waals surface area (Å²) in [4.78, 5) is 19.8. The van der Waals surface area contributed by atoms with Crippen LogP contribution in [0.5, 0.6) is 0 Å². The van der Waals surface area contributed by atoms with E-state index in [9.17, 15) is 4.79 Å². The number of hydrogen-bond acceptors (Lipinski definition) is 4. The summed E-state index contributed by atoms with van der Waals surface area (Å²) < 4.78 is 5.24. The van der Waals surface area contributed by atoms with Crippen LogP contribution >= 0.6 is 11.6 Å². The van der Waals surface area contributed by atoms with Crippen molar-refractivity contribution in [3.05, 3.63) is 81.6 Å². The third-order valence-electron chi connectivity index (χ3n) is 5.01. The van der Waals surface area contributed by atoms with Crippen LogP contribution in [-0.4, -0.2) is 27.6 Å². The van der Waals surface area contributed by atoms with Crippen molar-refractivity contribution in [2.75, 3.05) is 6.54 Å². The summed E-state index contributed by atoms with van der Waals surface area (Å²) in [7, 11) is 0. The average molecular weight is 409 g/mol. The van der Waals surface area contributed by atoms with Crippen LogP contribution in [0.2, 0.25) is 5.02 Å². The number of nitrogens with zero attached hydrogens (tertiary/aromatic N) is 2. The number of hydrogen-bond donors (Lipinski definition) is 2. The Kier molecular flexibility index (Phi) is 5.36. The number of amides is 1. The van der Waals surface area contributed by atoms with Crippen molar-refractivity contribution >= 4 is 28.4 Å². The maximum atomic E-state index is 12.3. The van der Waals surface area contributed by atoms with Gasteiger partial charge in [0, 0.05) is 28.7 Å². The first-order valence-corrected chi connectivity index (χ1v) is 9.80. The topological polar surface area (TPSA) is 83.8 Å². The molecule has 0 spiro atoms. The highest BCUT2D eigenvalue weighted by molar-refractivity contribution is 6.31. The summed E-state index contributed by atoms with van der Waals surface area (Å²) >= 11 is 6.08. The highest BCUT2D eigenvalue weighted by Crippen LogP contribution is 2.22. The van der Waals surface area contributed by atoms with Crippen LogP contribution in [0.4, 0.5) is 0 Å². The maximum absolute atomic E-state index is 12.3. The number of aromatic amines is 1. The van der Waals surface area contributed by atoms with Gasteiger partial charge in [-0.25, -0.2) is 0 Å². The molecule has 0 saturated carbocycles. The molecule has 6 nitrogen and oxygen atoms in total. The molecule has 0 radical (unpaired) electrons. The van der Waals surface area contributed by atoms with Gasteiger partial charge in [-0.1, -0.05) is 35.0 Å². The first kappa shape index (κ1) is 19.2. The van der Waals surface area contributed by atoms with Gasteiger partial charge >= 0.3 is 0 Å². The number of nitrogens with one attached hydrogen (secondary N) is 2. The molecule has 0 bridgehead atoms. The number of carbonyl (C=O) groups is 1. The first-order chi connectivity index (χ1) is 14.0. The molecule has 4 aromatic rings. The summed E-state index contributed by atoms with van der Waals surface area (Å²) in [5.74, 6) is 0.119. The maximum Gasteiger partial charge on any atom is 0.292 e. The fourth-order valence-corrected chi connectivity index (χ4v) is 3.43. The van der Waals surface area contributed by atoms with Crippen LogP contribution in [0.1, 0.15) is 38.8 Å². The van der Waals surface area contributed by atoms with E-state index in [4.69, 9.17) is 16.1 Å². The van der Waals surface area contributed by atoms with Crippen molar-refractivity contribution in [2.45, 2.75) is 26.7 Å². The Morgan fingerprint density at radius 1 is 1.17 bits per heavy atom. The van der Waals surface area contributed by atoms with Crippen LogP contribution in [0.25, 0.3) is 10.9 Å². The van der Waals surface area contributed by atoms with Gasteiger partial charge in [-0.2, -0.15) is 4.98 Å². The van der Waals surface area contributed by atoms with Crippen molar-refractivity contribution in [1.29, 1.82) is 0 Å². The molecular weight excluding hydrogens is 388 g/mol. The van der Waals surface area contributed by atoms with Gasteiger partial charge in [-0.3, -0.25) is 4.79 Å². The number of fused-ring (bicyclic) bond motifs is 1. The zero-order valence-corrected chi connectivity index (χ0v) is 17.0. The summed E-state index contributed by atoms with van der Waals surface area (Å²) in [6, 6.07) is 11.9. The van der Waals surface area contributed by atoms with Crippen LogP contribution in [0.3, 0.4) is 0 Å². The van der Waals surface area contributed by atoms with Crippen molar-refractivity contribution in [1.82, 2.24) is 20.4 Å². The van der Waals surface area contributed by atoms with Gasteiger partial charge < -0.3 is 14.8 Å². The van der Waals surface area contributed by atoms with Crippen molar-refractivity contribution < 1.29 is 9.32 Å². The van der Waals surface area contributed by atoms with E-state index in [0.717, 1.165) is 22.0 Å². The van der Waals surface area contributed by atoms with E-state index in [2.05, 4.69) is 46.4 Å². The Hall–Kier alpha value is -3.12. The van der Waals surface area contributed by atoms with Gasteiger partial charge in [0.05, 0.1) is 6.42 Å². The van der Waals surface area contributed by atoms with Gasteiger partial charge in [0.15, 0.2) is 0 Å². The monoisotopic (exact) mass is 408 g/mol. The molecule has 0 atom stereocenters. The highest BCUT2D eigenvalue weighted by Gasteiger charge is 2.15. The second kappa shape index (κ2) is 8.09. The molecule has 0 aliphatic carbocycles. The minimum atomic E-state index is -0.349. The van der Waals surface area contributed by atoms with Crippen molar-refractivity contribution in [3.8, 4) is 0 Å². The van der Waals surface area contributed by atoms with E-state index in [-0.39, 0.29) is 11.7 Å². The van der Waals surface area contributed by atoms with Gasteiger partial charge in [-0.15, -0.1) is 0 Å². The van der Waals surface area contributed by atoms with Gasteiger partial charge in [0.25, 0.3) is 11.7 Å². The number of H-pyrrole nitrogens is 1. The van der Waals surface area contributed by atoms with E-state index < -0.39 is 0 Å². The fraction of sp³-hybridized carbons (Fsp3) is 0.227. The number of rotatable bonds is 6. The van der Waals surface area contributed by atoms with Crippen molar-refractivity contribution in [2.24, 2.45) is 0 Å². The normalized spacial score (nSPS) is 11.1. The predicted octanol–water partition coefficient (Wildman–Crippen LogP) is 4.38. The molecule has 4 rings (SSSR count). The molecule has 0 unspecified atom stereocenters. The lowest BCUT2D eigenvalue weighted by Gasteiger charge is -2.02. The number of halogens is 1. The molecule has 7 heteroatoms. The van der Waals surface area contributed by atoms with Crippen LogP contribution in [-0.2, 0) is 12.8 Å². The zero-order valence-electron chi connectivity index (χ0n) is 16.3. The SMILES string of the molecule is Cc1ccc(Cc2nc(C(=O)NCCc3c[nH]c4ccc(Cl)cc34)no2)cc1C. The second-order valence-electron chi connectivity index (χ2n) is 7.12. The van der Waals surface area contributed by atoms with E-state index in [1.165, 1.54) is 11.1 Å². The van der Waals surface area contributed by atoms with Gasteiger partial charge in [0.2, 0.25) is 5.89 Å².